The fourth-order valence-electron chi connectivity index (χ4n) is 3.88. The van der Waals surface area contributed by atoms with Crippen LogP contribution >= 0.6 is 0 Å². The first-order chi connectivity index (χ1) is 14.0. The second kappa shape index (κ2) is 7.65. The minimum atomic E-state index is -0.510. The third kappa shape index (κ3) is 3.37. The SMILES string of the molecule is CCOc1ccccc1NCCCN1C(C)=CN2C1=NC1C2C(=O)NC(=O)N1C. The van der Waals surface area contributed by atoms with Gasteiger partial charge in [0.2, 0.25) is 5.96 Å². The van der Waals surface area contributed by atoms with Gasteiger partial charge >= 0.3 is 6.03 Å². The van der Waals surface area contributed by atoms with Gasteiger partial charge in [0.15, 0.2) is 12.2 Å². The van der Waals surface area contributed by atoms with Crippen LogP contribution in [0.2, 0.25) is 0 Å². The van der Waals surface area contributed by atoms with E-state index in [1.54, 1.807) is 7.05 Å². The lowest BCUT2D eigenvalue weighted by Crippen LogP contribution is -2.62. The predicted octanol–water partition coefficient (Wildman–Crippen LogP) is 1.61. The Kier molecular flexibility index (Phi) is 5.04. The molecule has 0 aliphatic carbocycles. The van der Waals surface area contributed by atoms with Gasteiger partial charge in [-0.25, -0.2) is 9.79 Å². The highest BCUT2D eigenvalue weighted by Crippen LogP contribution is 2.32. The van der Waals surface area contributed by atoms with Crippen molar-refractivity contribution >= 4 is 23.6 Å². The largest absolute Gasteiger partial charge is 0.492 e. The Labute approximate surface area is 170 Å². The number of likely N-dealkylation sites (N-methyl/N-ethyl adjacent to an activating group) is 1. The van der Waals surface area contributed by atoms with E-state index in [4.69, 9.17) is 4.74 Å². The molecule has 1 fully saturated rings. The predicted molar refractivity (Wildman–Crippen MR) is 109 cm³/mol. The summed E-state index contributed by atoms with van der Waals surface area (Å²) >= 11 is 0. The highest BCUT2D eigenvalue weighted by Gasteiger charge is 2.51. The Morgan fingerprint density at radius 3 is 2.86 bits per heavy atom. The number of amides is 3. The number of carbonyl (C=O) groups is 2. The van der Waals surface area contributed by atoms with E-state index in [0.717, 1.165) is 42.6 Å². The Bertz CT molecular complexity index is 883. The normalized spacial score (nSPS) is 22.8. The number of benzene rings is 1. The van der Waals surface area contributed by atoms with E-state index in [1.807, 2.05) is 49.2 Å². The number of carbonyl (C=O) groups excluding carboxylic acids is 2. The van der Waals surface area contributed by atoms with Crippen molar-refractivity contribution in [1.29, 1.82) is 0 Å². The van der Waals surface area contributed by atoms with Gasteiger partial charge in [-0.3, -0.25) is 10.1 Å². The summed E-state index contributed by atoms with van der Waals surface area (Å²) in [5, 5.41) is 5.82. The number of ether oxygens (including phenoxy) is 1. The molecule has 0 spiro atoms. The fraction of sp³-hybridized carbons (Fsp3) is 0.450. The molecule has 154 valence electrons. The molecule has 9 heteroatoms. The summed E-state index contributed by atoms with van der Waals surface area (Å²) in [6.45, 7) is 6.12. The second-order valence-electron chi connectivity index (χ2n) is 7.23. The third-order valence-electron chi connectivity index (χ3n) is 5.33. The van der Waals surface area contributed by atoms with E-state index in [9.17, 15) is 9.59 Å². The Hall–Kier alpha value is -3.23. The number of guanidine groups is 1. The highest BCUT2D eigenvalue weighted by molar-refractivity contribution is 6.04. The number of imide groups is 1. The Morgan fingerprint density at radius 2 is 2.07 bits per heavy atom. The monoisotopic (exact) mass is 398 g/mol. The van der Waals surface area contributed by atoms with Gasteiger partial charge in [-0.15, -0.1) is 0 Å². The van der Waals surface area contributed by atoms with Gasteiger partial charge in [0.1, 0.15) is 5.75 Å². The number of anilines is 1. The van der Waals surface area contributed by atoms with Crippen molar-refractivity contribution in [1.82, 2.24) is 20.0 Å². The molecule has 3 amide bonds. The zero-order chi connectivity index (χ0) is 20.5. The molecular formula is C20H26N6O3. The molecule has 1 aromatic carbocycles. The minimum Gasteiger partial charge on any atom is -0.492 e. The molecule has 0 saturated carbocycles. The topological polar surface area (TPSA) is 89.5 Å². The van der Waals surface area contributed by atoms with Gasteiger partial charge in [-0.05, 0) is 32.4 Å². The van der Waals surface area contributed by atoms with Crippen LogP contribution in [0.1, 0.15) is 20.3 Å². The first kappa shape index (κ1) is 19.1. The number of allylic oxidation sites excluding steroid dienone is 1. The van der Waals surface area contributed by atoms with Gasteiger partial charge in [-0.1, -0.05) is 12.1 Å². The van der Waals surface area contributed by atoms with Crippen molar-refractivity contribution in [3.63, 3.8) is 0 Å². The molecule has 3 heterocycles. The molecule has 3 aliphatic rings. The summed E-state index contributed by atoms with van der Waals surface area (Å²) < 4.78 is 5.65. The number of para-hydroxylation sites is 2. The van der Waals surface area contributed by atoms with Crippen LogP contribution in [0.15, 0.2) is 41.2 Å². The molecule has 29 heavy (non-hydrogen) atoms. The minimum absolute atomic E-state index is 0.308. The molecule has 2 atom stereocenters. The molecule has 0 bridgehead atoms. The summed E-state index contributed by atoms with van der Waals surface area (Å²) in [5.74, 6) is 1.27. The molecule has 1 aromatic rings. The van der Waals surface area contributed by atoms with E-state index in [0.29, 0.717) is 6.61 Å². The zero-order valence-corrected chi connectivity index (χ0v) is 16.9. The number of urea groups is 1. The highest BCUT2D eigenvalue weighted by atomic mass is 16.5. The van der Waals surface area contributed by atoms with Crippen LogP contribution in [0.25, 0.3) is 0 Å². The number of hydrogen-bond acceptors (Lipinski definition) is 7. The molecule has 1 saturated heterocycles. The molecule has 2 N–H and O–H groups in total. The second-order valence-corrected chi connectivity index (χ2v) is 7.23. The third-order valence-corrected chi connectivity index (χ3v) is 5.33. The summed E-state index contributed by atoms with van der Waals surface area (Å²) in [6, 6.07) is 6.97. The van der Waals surface area contributed by atoms with Crippen LogP contribution in [-0.4, -0.2) is 71.5 Å². The average Bonchev–Trinajstić information content (AvgIpc) is 3.20. The van der Waals surface area contributed by atoms with Crippen molar-refractivity contribution < 1.29 is 14.3 Å². The molecule has 3 aliphatic heterocycles. The standard InChI is InChI=1S/C20H26N6O3/c1-4-29-15-9-6-5-8-14(15)21-10-7-11-25-13(2)12-26-16-17(22-19(25)26)24(3)20(28)23-18(16)27/h5-6,8-9,12,16-17,21H,4,7,10-11H2,1-3H3,(H,23,27,28). The summed E-state index contributed by atoms with van der Waals surface area (Å²) in [7, 11) is 1.66. The number of fused-ring (bicyclic) bond motifs is 3. The van der Waals surface area contributed by atoms with Crippen LogP contribution < -0.4 is 15.4 Å². The van der Waals surface area contributed by atoms with Crippen molar-refractivity contribution in [2.24, 2.45) is 4.99 Å². The van der Waals surface area contributed by atoms with Crippen molar-refractivity contribution in [2.75, 3.05) is 32.1 Å². The van der Waals surface area contributed by atoms with E-state index in [1.165, 1.54) is 4.90 Å². The zero-order valence-electron chi connectivity index (χ0n) is 16.9. The van der Waals surface area contributed by atoms with Gasteiger partial charge in [-0.2, -0.15) is 0 Å². The summed E-state index contributed by atoms with van der Waals surface area (Å²) in [5.41, 5.74) is 2.01. The molecule has 0 aromatic heterocycles. The average molecular weight is 398 g/mol. The van der Waals surface area contributed by atoms with Gasteiger partial charge in [0, 0.05) is 32.0 Å². The molecule has 0 radical (unpaired) electrons. The Morgan fingerprint density at radius 1 is 1.28 bits per heavy atom. The maximum Gasteiger partial charge on any atom is 0.325 e. The summed E-state index contributed by atoms with van der Waals surface area (Å²) in [6.07, 6.45) is 2.31. The Balaban J connectivity index is 1.38. The maximum atomic E-state index is 12.3. The number of rotatable bonds is 7. The van der Waals surface area contributed by atoms with Crippen LogP contribution in [0.4, 0.5) is 10.5 Å². The lowest BCUT2D eigenvalue weighted by Gasteiger charge is -2.34. The number of aliphatic imine (C=N–C) groups is 1. The number of nitrogens with zero attached hydrogens (tertiary/aromatic N) is 4. The maximum absolute atomic E-state index is 12.3. The van der Waals surface area contributed by atoms with E-state index in [-0.39, 0.29) is 5.91 Å². The quantitative estimate of drug-likeness (QED) is 0.679. The number of hydrogen-bond donors (Lipinski definition) is 2. The lowest BCUT2D eigenvalue weighted by atomic mass is 10.1. The van der Waals surface area contributed by atoms with Crippen LogP contribution in [-0.2, 0) is 4.79 Å². The summed E-state index contributed by atoms with van der Waals surface area (Å²) in [4.78, 5) is 34.4. The first-order valence-electron chi connectivity index (χ1n) is 9.86. The molecular weight excluding hydrogens is 372 g/mol. The van der Waals surface area contributed by atoms with Crippen molar-refractivity contribution in [3.05, 3.63) is 36.2 Å². The lowest BCUT2D eigenvalue weighted by molar-refractivity contribution is -0.126. The van der Waals surface area contributed by atoms with Gasteiger partial charge in [0.05, 0.1) is 12.3 Å². The fourth-order valence-corrected chi connectivity index (χ4v) is 3.88. The molecule has 4 rings (SSSR count). The van der Waals surface area contributed by atoms with Crippen molar-refractivity contribution in [2.45, 2.75) is 32.5 Å². The number of nitrogens with one attached hydrogen (secondary N) is 2. The van der Waals surface area contributed by atoms with Crippen LogP contribution in [0, 0.1) is 0 Å². The molecule has 9 nitrogen and oxygen atoms in total. The van der Waals surface area contributed by atoms with Crippen molar-refractivity contribution in [3.8, 4) is 5.75 Å². The van der Waals surface area contributed by atoms with Crippen LogP contribution in [0.5, 0.6) is 5.75 Å². The first-order valence-corrected chi connectivity index (χ1v) is 9.86. The van der Waals surface area contributed by atoms with E-state index in [2.05, 4.69) is 20.5 Å². The van der Waals surface area contributed by atoms with E-state index >= 15 is 0 Å². The van der Waals surface area contributed by atoms with Gasteiger partial charge < -0.3 is 24.8 Å². The van der Waals surface area contributed by atoms with E-state index < -0.39 is 18.2 Å². The van der Waals surface area contributed by atoms with Gasteiger partial charge in [0.25, 0.3) is 5.91 Å². The van der Waals surface area contributed by atoms with Crippen LogP contribution in [0.3, 0.4) is 0 Å². The smallest absolute Gasteiger partial charge is 0.325 e. The molecule has 2 unspecified atom stereocenters.